The number of carbonyl (C=O) groups excluding carboxylic acids is 1. The molecule has 0 aliphatic heterocycles. The summed E-state index contributed by atoms with van der Waals surface area (Å²) < 4.78 is 0. The lowest BCUT2D eigenvalue weighted by molar-refractivity contribution is -0.254. The van der Waals surface area contributed by atoms with Crippen molar-refractivity contribution in [3.05, 3.63) is 41.1 Å². The fourth-order valence-electron chi connectivity index (χ4n) is 3.04. The Morgan fingerprint density at radius 2 is 2.21 bits per heavy atom. The van der Waals surface area contributed by atoms with E-state index in [4.69, 9.17) is 0 Å². The summed E-state index contributed by atoms with van der Waals surface area (Å²) in [6.45, 7) is 2.16. The van der Waals surface area contributed by atoms with E-state index in [1.807, 2.05) is 24.3 Å². The number of hydrogen-bond acceptors (Lipinski definition) is 3. The van der Waals surface area contributed by atoms with Gasteiger partial charge < -0.3 is 9.90 Å². The second kappa shape index (κ2) is 4.65. The molecule has 0 saturated carbocycles. The van der Waals surface area contributed by atoms with Crippen LogP contribution in [0.5, 0.6) is 0 Å². The van der Waals surface area contributed by atoms with E-state index in [0.717, 1.165) is 42.5 Å². The molecule has 1 heterocycles. The van der Waals surface area contributed by atoms with E-state index in [2.05, 4.69) is 11.9 Å². The van der Waals surface area contributed by atoms with Crippen molar-refractivity contribution in [2.24, 2.45) is 5.92 Å². The van der Waals surface area contributed by atoms with Crippen molar-refractivity contribution in [1.29, 1.82) is 0 Å². The Hall–Kier alpha value is -1.90. The minimum absolute atomic E-state index is 0.360. The lowest BCUT2D eigenvalue weighted by atomic mass is 9.82. The van der Waals surface area contributed by atoms with E-state index in [0.29, 0.717) is 16.9 Å². The number of carboxylic acid groups (broad SMARTS) is 1. The van der Waals surface area contributed by atoms with Gasteiger partial charge in [-0.2, -0.15) is 0 Å². The number of aromatic carboxylic acids is 1. The number of carboxylic acids is 1. The van der Waals surface area contributed by atoms with Gasteiger partial charge in [-0.15, -0.1) is 0 Å². The number of hydrogen-bond donors (Lipinski definition) is 0. The summed E-state index contributed by atoms with van der Waals surface area (Å²) in [5.41, 5.74) is 2.97. The van der Waals surface area contributed by atoms with E-state index in [1.54, 1.807) is 0 Å². The lowest BCUT2D eigenvalue weighted by Crippen LogP contribution is -2.27. The van der Waals surface area contributed by atoms with Crippen molar-refractivity contribution in [1.82, 2.24) is 4.98 Å². The molecule has 0 bridgehead atoms. The molecule has 2 aromatic rings. The highest BCUT2D eigenvalue weighted by atomic mass is 16.4. The SMILES string of the molecule is CCC1CCc2nc3ccccc3c(C(=O)[O-])c2C1. The van der Waals surface area contributed by atoms with Gasteiger partial charge in [0.2, 0.25) is 0 Å². The highest BCUT2D eigenvalue weighted by molar-refractivity contribution is 6.03. The van der Waals surface area contributed by atoms with Gasteiger partial charge in [0.1, 0.15) is 0 Å². The summed E-state index contributed by atoms with van der Waals surface area (Å²) in [7, 11) is 0. The second-order valence-electron chi connectivity index (χ2n) is 5.23. The highest BCUT2D eigenvalue weighted by Crippen LogP contribution is 2.32. The van der Waals surface area contributed by atoms with Crippen molar-refractivity contribution < 1.29 is 9.90 Å². The molecule has 1 aliphatic rings. The molecule has 0 radical (unpaired) electrons. The minimum atomic E-state index is -1.08. The van der Waals surface area contributed by atoms with Crippen LogP contribution in [0.1, 0.15) is 41.4 Å². The van der Waals surface area contributed by atoms with Crippen LogP contribution in [0.3, 0.4) is 0 Å². The number of nitrogens with zero attached hydrogens (tertiary/aromatic N) is 1. The molecule has 1 atom stereocenters. The van der Waals surface area contributed by atoms with E-state index < -0.39 is 5.97 Å². The van der Waals surface area contributed by atoms with Crippen LogP contribution in [-0.2, 0) is 12.8 Å². The molecule has 1 aromatic heterocycles. The van der Waals surface area contributed by atoms with Crippen LogP contribution >= 0.6 is 0 Å². The van der Waals surface area contributed by atoms with E-state index in [-0.39, 0.29) is 0 Å². The molecule has 0 N–H and O–H groups in total. The maximum atomic E-state index is 11.5. The van der Waals surface area contributed by atoms with E-state index >= 15 is 0 Å². The van der Waals surface area contributed by atoms with Crippen LogP contribution in [-0.4, -0.2) is 11.0 Å². The van der Waals surface area contributed by atoms with Gasteiger partial charge in [-0.1, -0.05) is 31.5 Å². The van der Waals surface area contributed by atoms with Crippen LogP contribution in [0.2, 0.25) is 0 Å². The molecule has 0 spiro atoms. The molecule has 3 rings (SSSR count). The van der Waals surface area contributed by atoms with E-state index in [1.165, 1.54) is 0 Å². The second-order valence-corrected chi connectivity index (χ2v) is 5.23. The number of para-hydroxylation sites is 1. The molecule has 1 unspecified atom stereocenters. The Morgan fingerprint density at radius 3 is 2.95 bits per heavy atom. The minimum Gasteiger partial charge on any atom is -0.545 e. The molecule has 0 amide bonds. The Kier molecular flexibility index (Phi) is 2.97. The monoisotopic (exact) mass is 254 g/mol. The number of fused-ring (bicyclic) bond motifs is 2. The highest BCUT2D eigenvalue weighted by Gasteiger charge is 2.23. The summed E-state index contributed by atoms with van der Waals surface area (Å²) in [6.07, 6.45) is 3.87. The zero-order valence-electron chi connectivity index (χ0n) is 11.0. The number of pyridine rings is 1. The van der Waals surface area contributed by atoms with Crippen molar-refractivity contribution in [3.8, 4) is 0 Å². The normalized spacial score (nSPS) is 18.3. The maximum absolute atomic E-state index is 11.5. The average Bonchev–Trinajstić information content (AvgIpc) is 2.43. The maximum Gasteiger partial charge on any atom is 0.0725 e. The van der Waals surface area contributed by atoms with Crippen LogP contribution in [0, 0.1) is 5.92 Å². The first kappa shape index (κ1) is 12.2. The lowest BCUT2D eigenvalue weighted by Gasteiger charge is -2.26. The van der Waals surface area contributed by atoms with Crippen LogP contribution in [0.4, 0.5) is 0 Å². The largest absolute Gasteiger partial charge is 0.545 e. The van der Waals surface area contributed by atoms with Crippen molar-refractivity contribution in [2.75, 3.05) is 0 Å². The first-order chi connectivity index (χ1) is 9.20. The molecule has 1 aliphatic carbocycles. The first-order valence-electron chi connectivity index (χ1n) is 6.82. The average molecular weight is 254 g/mol. The Morgan fingerprint density at radius 1 is 1.42 bits per heavy atom. The molecule has 0 saturated heterocycles. The smallest absolute Gasteiger partial charge is 0.0725 e. The topological polar surface area (TPSA) is 53.0 Å². The molecule has 98 valence electrons. The molecular weight excluding hydrogens is 238 g/mol. The summed E-state index contributed by atoms with van der Waals surface area (Å²) in [4.78, 5) is 16.2. The standard InChI is InChI=1S/C16H17NO2/c1-2-10-7-8-14-12(9-10)15(16(18)19)11-5-3-4-6-13(11)17-14/h3-6,10H,2,7-9H2,1H3,(H,18,19)/p-1. The molecule has 3 heteroatoms. The third kappa shape index (κ3) is 1.99. The Labute approximate surface area is 112 Å². The summed E-state index contributed by atoms with van der Waals surface area (Å²) >= 11 is 0. The quantitative estimate of drug-likeness (QED) is 0.824. The molecule has 19 heavy (non-hydrogen) atoms. The van der Waals surface area contributed by atoms with Crippen LogP contribution in [0.15, 0.2) is 24.3 Å². The zero-order valence-corrected chi connectivity index (χ0v) is 11.0. The summed E-state index contributed by atoms with van der Waals surface area (Å²) in [6, 6.07) is 7.43. The van der Waals surface area contributed by atoms with Crippen molar-refractivity contribution in [2.45, 2.75) is 32.6 Å². The first-order valence-corrected chi connectivity index (χ1v) is 6.82. The van der Waals surface area contributed by atoms with Gasteiger partial charge >= 0.3 is 0 Å². The fraction of sp³-hybridized carbons (Fsp3) is 0.375. The predicted molar refractivity (Wildman–Crippen MR) is 71.9 cm³/mol. The summed E-state index contributed by atoms with van der Waals surface area (Å²) in [5.74, 6) is -0.514. The third-order valence-electron chi connectivity index (χ3n) is 4.14. The van der Waals surface area contributed by atoms with Gasteiger partial charge in [-0.3, -0.25) is 4.98 Å². The van der Waals surface area contributed by atoms with Crippen LogP contribution in [0.25, 0.3) is 10.9 Å². The number of benzene rings is 1. The number of aryl methyl sites for hydroxylation is 1. The molecule has 1 aromatic carbocycles. The predicted octanol–water partition coefficient (Wildman–Crippen LogP) is 2.11. The summed E-state index contributed by atoms with van der Waals surface area (Å²) in [5, 5.41) is 12.2. The number of rotatable bonds is 2. The van der Waals surface area contributed by atoms with Gasteiger partial charge in [0.05, 0.1) is 11.5 Å². The van der Waals surface area contributed by atoms with Gasteiger partial charge in [-0.25, -0.2) is 0 Å². The fourth-order valence-corrected chi connectivity index (χ4v) is 3.04. The van der Waals surface area contributed by atoms with Crippen LogP contribution < -0.4 is 5.11 Å². The van der Waals surface area contributed by atoms with E-state index in [9.17, 15) is 9.90 Å². The van der Waals surface area contributed by atoms with Gasteiger partial charge in [0.25, 0.3) is 0 Å². The van der Waals surface area contributed by atoms with Gasteiger partial charge in [-0.05, 0) is 36.8 Å². The third-order valence-corrected chi connectivity index (χ3v) is 4.14. The van der Waals surface area contributed by atoms with Crippen molar-refractivity contribution in [3.63, 3.8) is 0 Å². The molecule has 3 nitrogen and oxygen atoms in total. The zero-order chi connectivity index (χ0) is 13.4. The van der Waals surface area contributed by atoms with Crippen molar-refractivity contribution >= 4 is 16.9 Å². The Balaban J connectivity index is 2.28. The van der Waals surface area contributed by atoms with Gasteiger partial charge in [0.15, 0.2) is 0 Å². The Bertz CT molecular complexity index is 648. The molecule has 0 fully saturated rings. The number of aromatic nitrogens is 1. The molecular formula is C16H16NO2-. The van der Waals surface area contributed by atoms with Gasteiger partial charge in [0, 0.05) is 16.6 Å². The number of carbonyl (C=O) groups is 1.